The summed E-state index contributed by atoms with van der Waals surface area (Å²) in [5.74, 6) is 0.315. The Kier molecular flexibility index (Phi) is 8.07. The molecule has 1 rings (SSSR count). The van der Waals surface area contributed by atoms with Crippen LogP contribution in [0, 0.1) is 0 Å². The number of hydrogen-bond donors (Lipinski definition) is 1. The van der Waals surface area contributed by atoms with Crippen LogP contribution in [0.5, 0.6) is 0 Å². The molecule has 0 aliphatic carbocycles. The number of carbonyl (C=O) groups excluding carboxylic acids is 1. The third-order valence-electron chi connectivity index (χ3n) is 3.89. The van der Waals surface area contributed by atoms with Gasteiger partial charge in [0.2, 0.25) is 5.91 Å². The monoisotopic (exact) mass is 269 g/mol. The lowest BCUT2D eigenvalue weighted by Crippen LogP contribution is -2.53. The van der Waals surface area contributed by atoms with Gasteiger partial charge in [-0.15, -0.1) is 0 Å². The molecule has 1 atom stereocenters. The van der Waals surface area contributed by atoms with E-state index in [4.69, 9.17) is 0 Å². The highest BCUT2D eigenvalue weighted by atomic mass is 16.2. The maximum Gasteiger partial charge on any atom is 0.236 e. The molecule has 1 aliphatic heterocycles. The topological polar surface area (TPSA) is 35.6 Å². The number of amides is 1. The number of rotatable bonds is 8. The molecule has 0 aromatic heterocycles. The van der Waals surface area contributed by atoms with Gasteiger partial charge in [-0.2, -0.15) is 0 Å². The summed E-state index contributed by atoms with van der Waals surface area (Å²) < 4.78 is 0. The lowest BCUT2D eigenvalue weighted by atomic mass is 10.2. The fourth-order valence-electron chi connectivity index (χ4n) is 2.45. The van der Waals surface area contributed by atoms with Gasteiger partial charge in [0, 0.05) is 38.8 Å². The summed E-state index contributed by atoms with van der Waals surface area (Å²) in [6, 6.07) is 0.469. The Bertz CT molecular complexity index is 250. The zero-order valence-corrected chi connectivity index (χ0v) is 13.0. The van der Waals surface area contributed by atoms with E-state index in [2.05, 4.69) is 35.9 Å². The average molecular weight is 269 g/mol. The van der Waals surface area contributed by atoms with Crippen LogP contribution in [0.2, 0.25) is 0 Å². The molecule has 4 heteroatoms. The Morgan fingerprint density at radius 1 is 1.26 bits per heavy atom. The third-order valence-corrected chi connectivity index (χ3v) is 3.89. The van der Waals surface area contributed by atoms with Crippen LogP contribution in [0.1, 0.15) is 46.5 Å². The van der Waals surface area contributed by atoms with Crippen LogP contribution in [0.15, 0.2) is 0 Å². The molecule has 0 radical (unpaired) electrons. The lowest BCUT2D eigenvalue weighted by Gasteiger charge is -2.35. The average Bonchev–Trinajstić information content (AvgIpc) is 2.41. The first-order valence-electron chi connectivity index (χ1n) is 7.91. The summed E-state index contributed by atoms with van der Waals surface area (Å²) in [5.41, 5.74) is 0. The molecule has 4 nitrogen and oxygen atoms in total. The van der Waals surface area contributed by atoms with Crippen molar-refractivity contribution in [2.24, 2.45) is 0 Å². The summed E-state index contributed by atoms with van der Waals surface area (Å²) in [6.07, 6.45) is 4.54. The predicted octanol–water partition coefficient (Wildman–Crippen LogP) is 1.71. The van der Waals surface area contributed by atoms with Gasteiger partial charge >= 0.3 is 0 Å². The Morgan fingerprint density at radius 3 is 2.42 bits per heavy atom. The molecule has 0 saturated carbocycles. The van der Waals surface area contributed by atoms with Crippen molar-refractivity contribution in [3.63, 3.8) is 0 Å². The quantitative estimate of drug-likeness (QED) is 0.728. The molecule has 0 spiro atoms. The third kappa shape index (κ3) is 5.91. The predicted molar refractivity (Wildman–Crippen MR) is 80.3 cm³/mol. The van der Waals surface area contributed by atoms with Crippen molar-refractivity contribution >= 4 is 5.91 Å². The molecule has 1 heterocycles. The first-order valence-corrected chi connectivity index (χ1v) is 7.91. The van der Waals surface area contributed by atoms with Crippen LogP contribution in [-0.4, -0.2) is 61.0 Å². The molecule has 0 aromatic carbocycles. The zero-order chi connectivity index (χ0) is 14.1. The van der Waals surface area contributed by atoms with Gasteiger partial charge in [-0.05, 0) is 19.8 Å². The van der Waals surface area contributed by atoms with E-state index in [1.165, 1.54) is 0 Å². The molecule has 19 heavy (non-hydrogen) atoms. The van der Waals surface area contributed by atoms with Crippen LogP contribution in [0.3, 0.4) is 0 Å². The zero-order valence-electron chi connectivity index (χ0n) is 13.0. The second-order valence-corrected chi connectivity index (χ2v) is 5.61. The van der Waals surface area contributed by atoms with Crippen molar-refractivity contribution in [3.05, 3.63) is 0 Å². The van der Waals surface area contributed by atoms with E-state index in [9.17, 15) is 4.79 Å². The van der Waals surface area contributed by atoms with Gasteiger partial charge in [-0.1, -0.05) is 26.7 Å². The van der Waals surface area contributed by atoms with E-state index in [0.29, 0.717) is 18.5 Å². The van der Waals surface area contributed by atoms with E-state index in [1.807, 2.05) is 0 Å². The molecule has 1 saturated heterocycles. The van der Waals surface area contributed by atoms with Gasteiger partial charge < -0.3 is 10.2 Å². The van der Waals surface area contributed by atoms with Crippen molar-refractivity contribution in [1.82, 2.24) is 15.1 Å². The second kappa shape index (κ2) is 9.32. The highest BCUT2D eigenvalue weighted by Crippen LogP contribution is 2.06. The molecule has 0 unspecified atom stereocenters. The van der Waals surface area contributed by atoms with Crippen LogP contribution in [0.25, 0.3) is 0 Å². The summed E-state index contributed by atoms with van der Waals surface area (Å²) in [7, 11) is 0. The van der Waals surface area contributed by atoms with E-state index < -0.39 is 0 Å². The Hall–Kier alpha value is -0.610. The molecule has 1 N–H and O–H groups in total. The Morgan fingerprint density at radius 2 is 1.89 bits per heavy atom. The molecular formula is C15H31N3O. The van der Waals surface area contributed by atoms with Crippen molar-refractivity contribution in [3.8, 4) is 0 Å². The first-order chi connectivity index (χ1) is 9.19. The standard InChI is InChI=1S/C15H31N3O/c1-4-6-9-17(10-7-5-2)15(19)13-18-11-8-16-12-14(18)3/h14,16H,4-13H2,1-3H3/t14-/m0/s1. The van der Waals surface area contributed by atoms with Crippen LogP contribution in [0.4, 0.5) is 0 Å². The van der Waals surface area contributed by atoms with Gasteiger partial charge in [0.1, 0.15) is 0 Å². The molecule has 0 bridgehead atoms. The van der Waals surface area contributed by atoms with Crippen molar-refractivity contribution in [2.75, 3.05) is 39.3 Å². The maximum absolute atomic E-state index is 12.4. The minimum Gasteiger partial charge on any atom is -0.342 e. The van der Waals surface area contributed by atoms with Crippen LogP contribution < -0.4 is 5.32 Å². The largest absolute Gasteiger partial charge is 0.342 e. The van der Waals surface area contributed by atoms with Crippen molar-refractivity contribution in [1.29, 1.82) is 0 Å². The normalized spacial score (nSPS) is 20.5. The molecule has 1 aliphatic rings. The second-order valence-electron chi connectivity index (χ2n) is 5.61. The number of unbranched alkanes of at least 4 members (excludes halogenated alkanes) is 2. The van der Waals surface area contributed by atoms with E-state index >= 15 is 0 Å². The van der Waals surface area contributed by atoms with Crippen LogP contribution >= 0.6 is 0 Å². The van der Waals surface area contributed by atoms with Crippen molar-refractivity contribution in [2.45, 2.75) is 52.5 Å². The summed E-state index contributed by atoms with van der Waals surface area (Å²) in [4.78, 5) is 16.8. The Balaban J connectivity index is 2.44. The maximum atomic E-state index is 12.4. The number of piperazine rings is 1. The number of carbonyl (C=O) groups is 1. The lowest BCUT2D eigenvalue weighted by molar-refractivity contribution is -0.133. The van der Waals surface area contributed by atoms with Gasteiger partial charge in [-0.3, -0.25) is 9.69 Å². The number of hydrogen-bond acceptors (Lipinski definition) is 3. The number of nitrogens with one attached hydrogen (secondary N) is 1. The minimum absolute atomic E-state index is 0.315. The smallest absolute Gasteiger partial charge is 0.236 e. The van der Waals surface area contributed by atoms with Gasteiger partial charge in [0.15, 0.2) is 0 Å². The van der Waals surface area contributed by atoms with E-state index in [1.54, 1.807) is 0 Å². The minimum atomic E-state index is 0.315. The molecular weight excluding hydrogens is 238 g/mol. The number of nitrogens with zero attached hydrogens (tertiary/aromatic N) is 2. The van der Waals surface area contributed by atoms with Crippen molar-refractivity contribution < 1.29 is 4.79 Å². The van der Waals surface area contributed by atoms with E-state index in [-0.39, 0.29) is 0 Å². The SMILES string of the molecule is CCCCN(CCCC)C(=O)CN1CCNC[C@@H]1C. The summed E-state index contributed by atoms with van der Waals surface area (Å²) in [5, 5.41) is 3.37. The van der Waals surface area contributed by atoms with E-state index in [0.717, 1.165) is 58.4 Å². The van der Waals surface area contributed by atoms with Gasteiger partial charge in [0.05, 0.1) is 6.54 Å². The summed E-state index contributed by atoms with van der Waals surface area (Å²) in [6.45, 7) is 12.0. The molecule has 0 aromatic rings. The molecule has 112 valence electrons. The first kappa shape index (κ1) is 16.4. The van der Waals surface area contributed by atoms with Gasteiger partial charge in [0.25, 0.3) is 0 Å². The highest BCUT2D eigenvalue weighted by molar-refractivity contribution is 5.78. The fraction of sp³-hybridized carbons (Fsp3) is 0.933. The molecule has 1 amide bonds. The molecule has 1 fully saturated rings. The Labute approximate surface area is 118 Å². The highest BCUT2D eigenvalue weighted by Gasteiger charge is 2.22. The van der Waals surface area contributed by atoms with Crippen LogP contribution in [-0.2, 0) is 4.79 Å². The van der Waals surface area contributed by atoms with Gasteiger partial charge in [-0.25, -0.2) is 0 Å². The summed E-state index contributed by atoms with van der Waals surface area (Å²) >= 11 is 0. The fourth-order valence-corrected chi connectivity index (χ4v) is 2.45.